The van der Waals surface area contributed by atoms with Crippen LogP contribution in [0.5, 0.6) is 0 Å². The molecule has 1 aliphatic carbocycles. The lowest BCUT2D eigenvalue weighted by Crippen LogP contribution is -2.46. The molecule has 2 aromatic carbocycles. The number of benzene rings is 2. The number of nitrogens with zero attached hydrogens (tertiary/aromatic N) is 1. The van der Waals surface area contributed by atoms with Crippen LogP contribution in [-0.2, 0) is 4.79 Å². The molecule has 4 rings (SSSR count). The van der Waals surface area contributed by atoms with Crippen molar-refractivity contribution in [1.29, 1.82) is 0 Å². The SMILES string of the molecule is O=C(c1ccc(Cl)cc1)c1ccccc1C(=O)N1CCCC(C(=O)NCC2CC2)C1. The number of rotatable bonds is 6. The number of halogens is 1. The molecule has 0 radical (unpaired) electrons. The predicted molar refractivity (Wildman–Crippen MR) is 116 cm³/mol. The van der Waals surface area contributed by atoms with Crippen LogP contribution < -0.4 is 5.32 Å². The zero-order valence-electron chi connectivity index (χ0n) is 16.8. The monoisotopic (exact) mass is 424 g/mol. The highest BCUT2D eigenvalue weighted by atomic mass is 35.5. The summed E-state index contributed by atoms with van der Waals surface area (Å²) in [5.74, 6) is 0.0468. The Balaban J connectivity index is 1.49. The third-order valence-corrected chi connectivity index (χ3v) is 6.10. The van der Waals surface area contributed by atoms with E-state index in [2.05, 4.69) is 5.32 Å². The van der Waals surface area contributed by atoms with Crippen molar-refractivity contribution >= 4 is 29.2 Å². The number of piperidine rings is 1. The number of hydrogen-bond donors (Lipinski definition) is 1. The Morgan fingerprint density at radius 1 is 0.967 bits per heavy atom. The van der Waals surface area contributed by atoms with Gasteiger partial charge in [0.05, 0.1) is 11.5 Å². The van der Waals surface area contributed by atoms with Gasteiger partial charge in [0, 0.05) is 35.8 Å². The Morgan fingerprint density at radius 3 is 2.37 bits per heavy atom. The van der Waals surface area contributed by atoms with E-state index >= 15 is 0 Å². The van der Waals surface area contributed by atoms with Gasteiger partial charge < -0.3 is 10.2 Å². The average molecular weight is 425 g/mol. The first-order valence-corrected chi connectivity index (χ1v) is 10.9. The van der Waals surface area contributed by atoms with Gasteiger partial charge in [0.15, 0.2) is 5.78 Å². The van der Waals surface area contributed by atoms with Gasteiger partial charge in [0.2, 0.25) is 5.91 Å². The number of likely N-dealkylation sites (tertiary alicyclic amines) is 1. The Bertz CT molecular complexity index is 953. The molecule has 5 nitrogen and oxygen atoms in total. The lowest BCUT2D eigenvalue weighted by Gasteiger charge is -2.32. The summed E-state index contributed by atoms with van der Waals surface area (Å²) in [5, 5.41) is 3.58. The number of ketones is 1. The Hall–Kier alpha value is -2.66. The molecule has 2 fully saturated rings. The fourth-order valence-corrected chi connectivity index (χ4v) is 4.01. The third kappa shape index (κ3) is 4.73. The molecule has 2 aromatic rings. The minimum Gasteiger partial charge on any atom is -0.356 e. The van der Waals surface area contributed by atoms with E-state index in [0.717, 1.165) is 19.4 Å². The van der Waals surface area contributed by atoms with Crippen LogP contribution in [0.1, 0.15) is 52.0 Å². The van der Waals surface area contributed by atoms with Gasteiger partial charge in [-0.3, -0.25) is 14.4 Å². The van der Waals surface area contributed by atoms with E-state index in [1.807, 2.05) is 0 Å². The number of amides is 2. The van der Waals surface area contributed by atoms with Crippen molar-refractivity contribution in [3.8, 4) is 0 Å². The number of carbonyl (C=O) groups is 3. The Kier molecular flexibility index (Phi) is 6.18. The fraction of sp³-hybridized carbons (Fsp3) is 0.375. The summed E-state index contributed by atoms with van der Waals surface area (Å²) in [5.41, 5.74) is 1.22. The van der Waals surface area contributed by atoms with Crippen LogP contribution in [0.4, 0.5) is 0 Å². The first kappa shape index (κ1) is 20.6. The van der Waals surface area contributed by atoms with E-state index < -0.39 is 0 Å². The highest BCUT2D eigenvalue weighted by Crippen LogP contribution is 2.28. The summed E-state index contributed by atoms with van der Waals surface area (Å²) < 4.78 is 0. The molecule has 1 heterocycles. The standard InChI is InChI=1S/C24H25ClN2O3/c25-19-11-9-17(10-12-19)22(28)20-5-1-2-6-21(20)24(30)27-13-3-4-18(15-27)23(29)26-14-16-7-8-16/h1-2,5-6,9-12,16,18H,3-4,7-8,13-15H2,(H,26,29). The van der Waals surface area contributed by atoms with Gasteiger partial charge in [-0.25, -0.2) is 0 Å². The maximum Gasteiger partial charge on any atom is 0.254 e. The van der Waals surface area contributed by atoms with Crippen molar-refractivity contribution in [3.05, 3.63) is 70.2 Å². The molecule has 1 atom stereocenters. The molecule has 1 unspecified atom stereocenters. The van der Waals surface area contributed by atoms with Crippen LogP contribution in [0.25, 0.3) is 0 Å². The van der Waals surface area contributed by atoms with Gasteiger partial charge in [0.1, 0.15) is 0 Å². The van der Waals surface area contributed by atoms with Crippen LogP contribution in [0.3, 0.4) is 0 Å². The minimum absolute atomic E-state index is 0.0323. The minimum atomic E-state index is -0.216. The van der Waals surface area contributed by atoms with Gasteiger partial charge in [-0.05, 0) is 61.9 Å². The normalized spacial score (nSPS) is 18.7. The first-order valence-electron chi connectivity index (χ1n) is 10.5. The molecule has 2 amide bonds. The lowest BCUT2D eigenvalue weighted by atomic mass is 9.94. The van der Waals surface area contributed by atoms with Gasteiger partial charge in [-0.15, -0.1) is 0 Å². The quantitative estimate of drug-likeness (QED) is 0.714. The van der Waals surface area contributed by atoms with Gasteiger partial charge in [-0.1, -0.05) is 29.8 Å². The van der Waals surface area contributed by atoms with Crippen molar-refractivity contribution in [2.45, 2.75) is 25.7 Å². The number of carbonyl (C=O) groups excluding carboxylic acids is 3. The molecule has 30 heavy (non-hydrogen) atoms. The van der Waals surface area contributed by atoms with Crippen molar-refractivity contribution in [2.75, 3.05) is 19.6 Å². The molecule has 0 aromatic heterocycles. The van der Waals surface area contributed by atoms with Crippen molar-refractivity contribution in [1.82, 2.24) is 10.2 Å². The highest BCUT2D eigenvalue weighted by Gasteiger charge is 2.31. The molecule has 1 aliphatic heterocycles. The van der Waals surface area contributed by atoms with Crippen molar-refractivity contribution in [2.24, 2.45) is 11.8 Å². The fourth-order valence-electron chi connectivity index (χ4n) is 3.88. The summed E-state index contributed by atoms with van der Waals surface area (Å²) in [4.78, 5) is 40.5. The molecule has 1 saturated carbocycles. The van der Waals surface area contributed by atoms with Crippen molar-refractivity contribution < 1.29 is 14.4 Å². The van der Waals surface area contributed by atoms with Crippen LogP contribution in [0.2, 0.25) is 5.02 Å². The number of nitrogens with one attached hydrogen (secondary N) is 1. The van der Waals surface area contributed by atoms with Gasteiger partial charge in [-0.2, -0.15) is 0 Å². The van der Waals surface area contributed by atoms with Crippen LogP contribution in [0, 0.1) is 11.8 Å². The van der Waals surface area contributed by atoms with Crippen LogP contribution in [0.15, 0.2) is 48.5 Å². The second-order valence-electron chi connectivity index (χ2n) is 8.16. The van der Waals surface area contributed by atoms with E-state index in [1.54, 1.807) is 53.4 Å². The smallest absolute Gasteiger partial charge is 0.254 e. The summed E-state index contributed by atoms with van der Waals surface area (Å²) in [6, 6.07) is 13.5. The van der Waals surface area contributed by atoms with E-state index in [4.69, 9.17) is 11.6 Å². The highest BCUT2D eigenvalue weighted by molar-refractivity contribution is 6.30. The zero-order chi connectivity index (χ0) is 21.1. The van der Waals surface area contributed by atoms with E-state index in [0.29, 0.717) is 40.7 Å². The molecular weight excluding hydrogens is 400 g/mol. The molecule has 2 aliphatic rings. The molecule has 156 valence electrons. The molecule has 0 bridgehead atoms. The maximum atomic E-state index is 13.3. The van der Waals surface area contributed by atoms with Crippen LogP contribution >= 0.6 is 11.6 Å². The van der Waals surface area contributed by atoms with Crippen molar-refractivity contribution in [3.63, 3.8) is 0 Å². The molecular formula is C24H25ClN2O3. The van der Waals surface area contributed by atoms with Gasteiger partial charge in [0.25, 0.3) is 5.91 Å². The molecule has 0 spiro atoms. The second kappa shape index (κ2) is 9.00. The van der Waals surface area contributed by atoms with Gasteiger partial charge >= 0.3 is 0 Å². The average Bonchev–Trinajstić information content (AvgIpc) is 3.62. The maximum absolute atomic E-state index is 13.3. The van der Waals surface area contributed by atoms with E-state index in [-0.39, 0.29) is 23.5 Å². The summed E-state index contributed by atoms with van der Waals surface area (Å²) in [6.07, 6.45) is 3.94. The Labute approximate surface area is 181 Å². The summed E-state index contributed by atoms with van der Waals surface area (Å²) in [7, 11) is 0. The largest absolute Gasteiger partial charge is 0.356 e. The summed E-state index contributed by atoms with van der Waals surface area (Å²) >= 11 is 5.92. The number of hydrogen-bond acceptors (Lipinski definition) is 3. The molecule has 1 N–H and O–H groups in total. The van der Waals surface area contributed by atoms with E-state index in [9.17, 15) is 14.4 Å². The van der Waals surface area contributed by atoms with Crippen LogP contribution in [-0.4, -0.2) is 42.1 Å². The zero-order valence-corrected chi connectivity index (χ0v) is 17.5. The first-order chi connectivity index (χ1) is 14.5. The Morgan fingerprint density at radius 2 is 1.67 bits per heavy atom. The van der Waals surface area contributed by atoms with E-state index in [1.165, 1.54) is 12.8 Å². The molecule has 6 heteroatoms. The topological polar surface area (TPSA) is 66.5 Å². The third-order valence-electron chi connectivity index (χ3n) is 5.85. The predicted octanol–water partition coefficient (Wildman–Crippen LogP) is 3.95. The lowest BCUT2D eigenvalue weighted by molar-refractivity contribution is -0.126. The molecule has 1 saturated heterocycles. The summed E-state index contributed by atoms with van der Waals surface area (Å²) in [6.45, 7) is 1.72. The second-order valence-corrected chi connectivity index (χ2v) is 8.60.